The average molecular weight is 309 g/mol. The van der Waals surface area contributed by atoms with E-state index >= 15 is 0 Å². The average Bonchev–Trinajstić information content (AvgIpc) is 2.91. The summed E-state index contributed by atoms with van der Waals surface area (Å²) in [5, 5.41) is 3.00. The van der Waals surface area contributed by atoms with Crippen LogP contribution in [0.1, 0.15) is 30.9 Å². The fourth-order valence-corrected chi connectivity index (χ4v) is 2.63. The summed E-state index contributed by atoms with van der Waals surface area (Å²) in [5.74, 6) is 0.828. The number of nitrogens with one attached hydrogen (secondary N) is 1. The molecule has 0 fully saturated rings. The van der Waals surface area contributed by atoms with E-state index in [0.717, 1.165) is 22.6 Å². The third-order valence-corrected chi connectivity index (χ3v) is 3.81. The Morgan fingerprint density at radius 1 is 1.30 bits per heavy atom. The molecule has 1 atom stereocenters. The number of fused-ring (bicyclic) bond motifs is 1. The van der Waals surface area contributed by atoms with Crippen molar-refractivity contribution >= 4 is 16.9 Å². The number of carbonyl (C=O) groups excluding carboxylic acids is 1. The van der Waals surface area contributed by atoms with Crippen molar-refractivity contribution in [2.75, 3.05) is 0 Å². The van der Waals surface area contributed by atoms with Gasteiger partial charge in [-0.05, 0) is 25.5 Å². The van der Waals surface area contributed by atoms with Crippen molar-refractivity contribution in [3.8, 4) is 0 Å². The van der Waals surface area contributed by atoms with Crippen molar-refractivity contribution in [2.45, 2.75) is 25.8 Å². The second-order valence-electron chi connectivity index (χ2n) is 5.50. The zero-order chi connectivity index (χ0) is 16.2. The Balaban J connectivity index is 1.64. The highest BCUT2D eigenvalue weighted by Crippen LogP contribution is 2.19. The summed E-state index contributed by atoms with van der Waals surface area (Å²) in [7, 11) is 1.97. The molecule has 6 heteroatoms. The van der Waals surface area contributed by atoms with Crippen LogP contribution >= 0.6 is 0 Å². The van der Waals surface area contributed by atoms with Crippen LogP contribution in [0.2, 0.25) is 0 Å². The van der Waals surface area contributed by atoms with Crippen LogP contribution in [-0.4, -0.2) is 25.4 Å². The van der Waals surface area contributed by atoms with Crippen molar-refractivity contribution in [2.24, 2.45) is 7.05 Å². The highest BCUT2D eigenvalue weighted by atomic mass is 16.1. The maximum atomic E-state index is 12.1. The fourth-order valence-electron chi connectivity index (χ4n) is 2.63. The first kappa shape index (κ1) is 15.1. The number of hydrogen-bond acceptors (Lipinski definition) is 4. The molecule has 0 unspecified atom stereocenters. The second kappa shape index (κ2) is 6.56. The molecule has 0 saturated heterocycles. The lowest BCUT2D eigenvalue weighted by atomic mass is 10.2. The lowest BCUT2D eigenvalue weighted by molar-refractivity contribution is -0.121. The predicted octanol–water partition coefficient (Wildman–Crippen LogP) is 2.17. The Hall–Kier alpha value is -2.76. The highest BCUT2D eigenvalue weighted by molar-refractivity contribution is 5.78. The minimum atomic E-state index is -0.151. The first-order chi connectivity index (χ1) is 11.1. The third kappa shape index (κ3) is 3.36. The van der Waals surface area contributed by atoms with Crippen molar-refractivity contribution < 1.29 is 4.79 Å². The van der Waals surface area contributed by atoms with Gasteiger partial charge >= 0.3 is 0 Å². The number of rotatable bonds is 5. The molecule has 3 rings (SSSR count). The zero-order valence-electron chi connectivity index (χ0n) is 13.2. The molecule has 23 heavy (non-hydrogen) atoms. The first-order valence-corrected chi connectivity index (χ1v) is 7.61. The van der Waals surface area contributed by atoms with E-state index in [1.54, 1.807) is 18.6 Å². The number of hydrogen-bond donors (Lipinski definition) is 1. The largest absolute Gasteiger partial charge is 0.346 e. The third-order valence-electron chi connectivity index (χ3n) is 3.81. The summed E-state index contributed by atoms with van der Waals surface area (Å²) in [6, 6.07) is 7.79. The highest BCUT2D eigenvalue weighted by Gasteiger charge is 2.16. The van der Waals surface area contributed by atoms with E-state index in [4.69, 9.17) is 0 Å². The summed E-state index contributed by atoms with van der Waals surface area (Å²) >= 11 is 0. The smallest absolute Gasteiger partial charge is 0.220 e. The van der Waals surface area contributed by atoms with Gasteiger partial charge in [-0.3, -0.25) is 14.8 Å². The van der Waals surface area contributed by atoms with Gasteiger partial charge in [0.25, 0.3) is 0 Å². The van der Waals surface area contributed by atoms with E-state index in [-0.39, 0.29) is 11.9 Å². The van der Waals surface area contributed by atoms with Gasteiger partial charge in [-0.1, -0.05) is 12.1 Å². The van der Waals surface area contributed by atoms with Crippen LogP contribution in [0.5, 0.6) is 0 Å². The quantitative estimate of drug-likeness (QED) is 0.784. The number of para-hydroxylation sites is 2. The molecule has 1 aromatic carbocycles. The number of carbonyl (C=O) groups is 1. The summed E-state index contributed by atoms with van der Waals surface area (Å²) in [4.78, 5) is 24.9. The number of nitrogens with zero attached hydrogens (tertiary/aromatic N) is 4. The summed E-state index contributed by atoms with van der Waals surface area (Å²) in [5.41, 5.74) is 2.81. The topological polar surface area (TPSA) is 72.7 Å². The Morgan fingerprint density at radius 3 is 2.87 bits per heavy atom. The monoisotopic (exact) mass is 309 g/mol. The van der Waals surface area contributed by atoms with E-state index in [1.165, 1.54) is 0 Å². The maximum Gasteiger partial charge on any atom is 0.220 e. The maximum absolute atomic E-state index is 12.1. The lowest BCUT2D eigenvalue weighted by Crippen LogP contribution is -2.28. The number of amides is 1. The molecule has 118 valence electrons. The van der Waals surface area contributed by atoms with Crippen molar-refractivity contribution in [3.05, 3.63) is 54.4 Å². The van der Waals surface area contributed by atoms with Gasteiger partial charge in [0.15, 0.2) is 0 Å². The summed E-state index contributed by atoms with van der Waals surface area (Å²) in [6.45, 7) is 1.95. The van der Waals surface area contributed by atoms with Crippen molar-refractivity contribution in [1.29, 1.82) is 0 Å². The molecule has 0 aliphatic heterocycles. The van der Waals surface area contributed by atoms with Crippen LogP contribution < -0.4 is 5.32 Å². The molecule has 6 nitrogen and oxygen atoms in total. The predicted molar refractivity (Wildman–Crippen MR) is 87.6 cm³/mol. The van der Waals surface area contributed by atoms with E-state index in [0.29, 0.717) is 12.8 Å². The van der Waals surface area contributed by atoms with E-state index in [1.807, 2.05) is 42.8 Å². The van der Waals surface area contributed by atoms with Gasteiger partial charge in [-0.15, -0.1) is 0 Å². The van der Waals surface area contributed by atoms with Crippen LogP contribution in [-0.2, 0) is 18.3 Å². The minimum absolute atomic E-state index is 0.0183. The molecule has 0 saturated carbocycles. The van der Waals surface area contributed by atoms with Crippen molar-refractivity contribution in [1.82, 2.24) is 24.8 Å². The molecule has 2 heterocycles. The van der Waals surface area contributed by atoms with E-state index < -0.39 is 0 Å². The summed E-state index contributed by atoms with van der Waals surface area (Å²) in [6.07, 6.45) is 5.90. The number of imidazole rings is 1. The molecule has 3 aromatic rings. The normalized spacial score (nSPS) is 12.3. The zero-order valence-corrected chi connectivity index (χ0v) is 13.2. The Morgan fingerprint density at radius 2 is 2.13 bits per heavy atom. The lowest BCUT2D eigenvalue weighted by Gasteiger charge is -2.13. The number of aryl methyl sites for hydroxylation is 2. The van der Waals surface area contributed by atoms with Gasteiger partial charge in [0.05, 0.1) is 22.8 Å². The van der Waals surface area contributed by atoms with Gasteiger partial charge in [-0.2, -0.15) is 0 Å². The standard InChI is InChI=1S/C17H19N5O/c1-12(17-21-14-5-3-4-6-15(14)22(17)2)20-16(23)8-7-13-11-18-9-10-19-13/h3-6,9-12H,7-8H2,1-2H3,(H,20,23)/t12-/m0/s1. The summed E-state index contributed by atoms with van der Waals surface area (Å²) < 4.78 is 2.02. The van der Waals surface area contributed by atoms with Gasteiger partial charge in [0, 0.05) is 32.1 Å². The second-order valence-corrected chi connectivity index (χ2v) is 5.50. The van der Waals surface area contributed by atoms with Crippen molar-refractivity contribution in [3.63, 3.8) is 0 Å². The molecule has 0 spiro atoms. The Bertz CT molecular complexity index is 812. The van der Waals surface area contributed by atoms with Crippen LogP contribution in [0.15, 0.2) is 42.9 Å². The molecule has 1 N–H and O–H groups in total. The first-order valence-electron chi connectivity index (χ1n) is 7.61. The van der Waals surface area contributed by atoms with Gasteiger partial charge in [0.2, 0.25) is 5.91 Å². The van der Waals surface area contributed by atoms with Gasteiger partial charge in [0.1, 0.15) is 5.82 Å². The van der Waals surface area contributed by atoms with Crippen LogP contribution in [0.3, 0.4) is 0 Å². The fraction of sp³-hybridized carbons (Fsp3) is 0.294. The molecule has 0 aliphatic carbocycles. The molecule has 0 bridgehead atoms. The molecule has 1 amide bonds. The number of aromatic nitrogens is 4. The molecule has 0 radical (unpaired) electrons. The Kier molecular flexibility index (Phi) is 4.32. The van der Waals surface area contributed by atoms with Crippen LogP contribution in [0, 0.1) is 0 Å². The van der Waals surface area contributed by atoms with E-state index in [2.05, 4.69) is 20.3 Å². The van der Waals surface area contributed by atoms with Gasteiger partial charge < -0.3 is 9.88 Å². The van der Waals surface area contributed by atoms with Gasteiger partial charge in [-0.25, -0.2) is 4.98 Å². The molecule has 0 aliphatic rings. The minimum Gasteiger partial charge on any atom is -0.346 e. The van der Waals surface area contributed by atoms with Crippen LogP contribution in [0.4, 0.5) is 0 Å². The van der Waals surface area contributed by atoms with Crippen LogP contribution in [0.25, 0.3) is 11.0 Å². The SMILES string of the molecule is C[C@H](NC(=O)CCc1cnccn1)c1nc2ccccc2n1C. The van der Waals surface area contributed by atoms with E-state index in [9.17, 15) is 4.79 Å². The number of benzene rings is 1. The molecule has 2 aromatic heterocycles. The molecular weight excluding hydrogens is 290 g/mol. The molecular formula is C17H19N5O. The Labute approximate surface area is 134 Å².